The summed E-state index contributed by atoms with van der Waals surface area (Å²) in [6.07, 6.45) is 0. The summed E-state index contributed by atoms with van der Waals surface area (Å²) in [6, 6.07) is 9.75. The molecule has 162 valence electrons. The molecule has 11 heteroatoms. The molecule has 2 amide bonds. The van der Waals surface area contributed by atoms with Crippen LogP contribution in [0.5, 0.6) is 5.75 Å². The number of anilines is 2. The zero-order valence-electron chi connectivity index (χ0n) is 16.7. The highest BCUT2D eigenvalue weighted by molar-refractivity contribution is 7.89. The molecule has 0 aliphatic carbocycles. The van der Waals surface area contributed by atoms with Crippen LogP contribution in [0.1, 0.15) is 6.92 Å². The van der Waals surface area contributed by atoms with Crippen molar-refractivity contribution in [2.45, 2.75) is 17.9 Å². The number of hydrogen-bond donors (Lipinski definition) is 3. The van der Waals surface area contributed by atoms with Crippen molar-refractivity contribution < 1.29 is 22.7 Å². The van der Waals surface area contributed by atoms with Gasteiger partial charge in [-0.3, -0.25) is 14.5 Å². The monoisotopic (exact) mass is 454 g/mol. The lowest BCUT2D eigenvalue weighted by molar-refractivity contribution is -0.122. The average molecular weight is 455 g/mol. The Morgan fingerprint density at radius 3 is 2.53 bits per heavy atom. The van der Waals surface area contributed by atoms with Crippen molar-refractivity contribution in [2.75, 3.05) is 31.3 Å². The molecular formula is C19H23ClN4O5S. The van der Waals surface area contributed by atoms with Crippen LogP contribution < -0.4 is 20.5 Å². The molecule has 0 aliphatic heterocycles. The zero-order chi connectivity index (χ0) is 22.5. The first-order valence-electron chi connectivity index (χ1n) is 8.78. The minimum atomic E-state index is -3.89. The fraction of sp³-hybridized carbons (Fsp3) is 0.263. The number of primary sulfonamides is 1. The Morgan fingerprint density at radius 1 is 1.20 bits per heavy atom. The predicted molar refractivity (Wildman–Crippen MR) is 115 cm³/mol. The molecule has 1 atom stereocenters. The van der Waals surface area contributed by atoms with E-state index < -0.39 is 22.0 Å². The van der Waals surface area contributed by atoms with Crippen LogP contribution >= 0.6 is 11.6 Å². The lowest BCUT2D eigenvalue weighted by Gasteiger charge is -2.23. The van der Waals surface area contributed by atoms with Crippen LogP contribution in [0.4, 0.5) is 11.4 Å². The molecule has 2 aromatic rings. The van der Waals surface area contributed by atoms with Gasteiger partial charge in [0, 0.05) is 10.7 Å². The maximum Gasteiger partial charge on any atom is 0.241 e. The molecule has 0 saturated heterocycles. The second-order valence-electron chi connectivity index (χ2n) is 6.55. The SMILES string of the molecule is COc1ccc(Cl)cc1NC(=O)CN(C)C(C)C(=O)Nc1cccc(S(N)(=O)=O)c1. The van der Waals surface area contributed by atoms with Gasteiger partial charge in [-0.05, 0) is 50.4 Å². The number of nitrogens with one attached hydrogen (secondary N) is 2. The molecule has 0 saturated carbocycles. The van der Waals surface area contributed by atoms with E-state index in [2.05, 4.69) is 10.6 Å². The molecule has 30 heavy (non-hydrogen) atoms. The molecule has 0 aliphatic rings. The topological polar surface area (TPSA) is 131 Å². The summed E-state index contributed by atoms with van der Waals surface area (Å²) >= 11 is 5.96. The van der Waals surface area contributed by atoms with Crippen molar-refractivity contribution in [1.29, 1.82) is 0 Å². The van der Waals surface area contributed by atoms with Gasteiger partial charge < -0.3 is 15.4 Å². The van der Waals surface area contributed by atoms with E-state index in [0.29, 0.717) is 16.5 Å². The van der Waals surface area contributed by atoms with Crippen LogP contribution in [0.25, 0.3) is 0 Å². The lowest BCUT2D eigenvalue weighted by Crippen LogP contribution is -2.43. The van der Waals surface area contributed by atoms with Crippen LogP contribution in [0.3, 0.4) is 0 Å². The summed E-state index contributed by atoms with van der Waals surface area (Å²) < 4.78 is 28.1. The number of hydrogen-bond acceptors (Lipinski definition) is 6. The van der Waals surface area contributed by atoms with Crippen molar-refractivity contribution in [3.8, 4) is 5.75 Å². The number of carbonyl (C=O) groups excluding carboxylic acids is 2. The molecule has 0 aromatic heterocycles. The van der Waals surface area contributed by atoms with Gasteiger partial charge in [0.1, 0.15) is 5.75 Å². The Bertz CT molecular complexity index is 1040. The summed E-state index contributed by atoms with van der Waals surface area (Å²) in [5.74, 6) is -0.331. The highest BCUT2D eigenvalue weighted by Crippen LogP contribution is 2.27. The molecule has 0 fully saturated rings. The third-order valence-corrected chi connectivity index (χ3v) is 5.45. The Kier molecular flexibility index (Phi) is 7.79. The number of ether oxygens (including phenoxy) is 1. The van der Waals surface area contributed by atoms with Crippen LogP contribution in [0, 0.1) is 0 Å². The molecular weight excluding hydrogens is 432 g/mol. The number of nitrogens with two attached hydrogens (primary N) is 1. The first-order valence-corrected chi connectivity index (χ1v) is 10.7. The van der Waals surface area contributed by atoms with E-state index in [1.54, 1.807) is 32.2 Å². The normalized spacial score (nSPS) is 12.3. The van der Waals surface area contributed by atoms with Gasteiger partial charge in [-0.25, -0.2) is 13.6 Å². The molecule has 0 radical (unpaired) electrons. The third-order valence-electron chi connectivity index (χ3n) is 4.30. The van der Waals surface area contributed by atoms with Gasteiger partial charge in [-0.1, -0.05) is 17.7 Å². The molecule has 0 bridgehead atoms. The van der Waals surface area contributed by atoms with E-state index in [4.69, 9.17) is 21.5 Å². The average Bonchev–Trinajstić information content (AvgIpc) is 2.67. The summed E-state index contributed by atoms with van der Waals surface area (Å²) in [4.78, 5) is 26.3. The molecule has 2 aromatic carbocycles. The molecule has 0 heterocycles. The van der Waals surface area contributed by atoms with Crippen molar-refractivity contribution in [3.05, 3.63) is 47.5 Å². The Balaban J connectivity index is 2.00. The number of nitrogens with zero attached hydrogens (tertiary/aromatic N) is 1. The van der Waals surface area contributed by atoms with Gasteiger partial charge >= 0.3 is 0 Å². The van der Waals surface area contributed by atoms with E-state index in [0.717, 1.165) is 0 Å². The number of amides is 2. The van der Waals surface area contributed by atoms with Crippen LogP contribution in [-0.4, -0.2) is 51.9 Å². The number of rotatable bonds is 8. The largest absolute Gasteiger partial charge is 0.495 e. The highest BCUT2D eigenvalue weighted by Gasteiger charge is 2.21. The highest BCUT2D eigenvalue weighted by atomic mass is 35.5. The number of halogens is 1. The fourth-order valence-electron chi connectivity index (χ4n) is 2.53. The number of benzene rings is 2. The van der Waals surface area contributed by atoms with Crippen molar-refractivity contribution in [2.24, 2.45) is 5.14 Å². The van der Waals surface area contributed by atoms with Crippen LogP contribution in [0.15, 0.2) is 47.4 Å². The quantitative estimate of drug-likeness (QED) is 0.558. The van der Waals surface area contributed by atoms with Crippen molar-refractivity contribution >= 4 is 44.8 Å². The van der Waals surface area contributed by atoms with Gasteiger partial charge in [-0.15, -0.1) is 0 Å². The van der Waals surface area contributed by atoms with E-state index >= 15 is 0 Å². The minimum absolute atomic E-state index is 0.0819. The maximum atomic E-state index is 12.5. The number of sulfonamides is 1. The Morgan fingerprint density at radius 2 is 1.90 bits per heavy atom. The molecule has 2 rings (SSSR count). The van der Waals surface area contributed by atoms with Gasteiger partial charge in [0.15, 0.2) is 0 Å². The standard InChI is InChI=1S/C19H23ClN4O5S/c1-12(19(26)22-14-5-4-6-15(10-14)30(21,27)28)24(2)11-18(25)23-16-9-13(20)7-8-17(16)29-3/h4-10,12H,11H2,1-3H3,(H,22,26)(H,23,25)(H2,21,27,28). The third kappa shape index (κ3) is 6.42. The lowest BCUT2D eigenvalue weighted by atomic mass is 10.2. The summed E-state index contributed by atoms with van der Waals surface area (Å²) in [7, 11) is -0.801. The molecule has 1 unspecified atom stereocenters. The van der Waals surface area contributed by atoms with Crippen molar-refractivity contribution in [3.63, 3.8) is 0 Å². The summed E-state index contributed by atoms with van der Waals surface area (Å²) in [6.45, 7) is 1.54. The number of methoxy groups -OCH3 is 1. The Hall–Kier alpha value is -2.66. The second kappa shape index (κ2) is 9.90. The molecule has 9 nitrogen and oxygen atoms in total. The summed E-state index contributed by atoms with van der Waals surface area (Å²) in [5, 5.41) is 10.9. The van der Waals surface area contributed by atoms with Gasteiger partial charge in [0.2, 0.25) is 21.8 Å². The zero-order valence-corrected chi connectivity index (χ0v) is 18.3. The van der Waals surface area contributed by atoms with Crippen molar-refractivity contribution in [1.82, 2.24) is 4.90 Å². The first kappa shape index (κ1) is 23.6. The molecule has 0 spiro atoms. The van der Waals surface area contributed by atoms with E-state index in [9.17, 15) is 18.0 Å². The second-order valence-corrected chi connectivity index (χ2v) is 8.54. The van der Waals surface area contributed by atoms with Gasteiger partial charge in [-0.2, -0.15) is 0 Å². The maximum absolute atomic E-state index is 12.5. The summed E-state index contributed by atoms with van der Waals surface area (Å²) in [5.41, 5.74) is 0.695. The first-order chi connectivity index (χ1) is 14.0. The number of carbonyl (C=O) groups is 2. The van der Waals surface area contributed by atoms with Gasteiger partial charge in [0.05, 0.1) is 30.3 Å². The van der Waals surface area contributed by atoms with E-state index in [-0.39, 0.29) is 23.0 Å². The van der Waals surface area contributed by atoms with E-state index in [1.807, 2.05) is 0 Å². The number of likely N-dealkylation sites (N-methyl/N-ethyl adjacent to an activating group) is 1. The Labute approximate surface area is 180 Å². The van der Waals surface area contributed by atoms with E-state index in [1.165, 1.54) is 36.3 Å². The smallest absolute Gasteiger partial charge is 0.241 e. The van der Waals surface area contributed by atoms with Crippen LogP contribution in [0.2, 0.25) is 5.02 Å². The van der Waals surface area contributed by atoms with Gasteiger partial charge in [0.25, 0.3) is 0 Å². The fourth-order valence-corrected chi connectivity index (χ4v) is 3.26. The van der Waals surface area contributed by atoms with Crippen LogP contribution in [-0.2, 0) is 19.6 Å². The molecule has 4 N–H and O–H groups in total. The predicted octanol–water partition coefficient (Wildman–Crippen LogP) is 1.89. The minimum Gasteiger partial charge on any atom is -0.495 e.